The largest absolute Gasteiger partial charge is 0.335 e. The first-order chi connectivity index (χ1) is 11.2. The summed E-state index contributed by atoms with van der Waals surface area (Å²) in [6, 6.07) is 11.2. The van der Waals surface area contributed by atoms with Crippen LogP contribution >= 0.6 is 12.4 Å². The third-order valence-corrected chi connectivity index (χ3v) is 6.48. The lowest BCUT2D eigenvalue weighted by molar-refractivity contribution is -0.139. The number of hydrogen-bond donors (Lipinski definition) is 1. The van der Waals surface area contributed by atoms with E-state index in [9.17, 15) is 4.79 Å². The second-order valence-electron chi connectivity index (χ2n) is 7.80. The number of carbonyl (C=O) groups excluding carboxylic acids is 1. The Hall–Kier alpha value is -1.06. The van der Waals surface area contributed by atoms with Crippen LogP contribution in [0.3, 0.4) is 0 Å². The van der Waals surface area contributed by atoms with Crippen LogP contribution < -0.4 is 5.73 Å². The summed E-state index contributed by atoms with van der Waals surface area (Å²) in [5, 5.41) is 0. The van der Waals surface area contributed by atoms with Crippen molar-refractivity contribution in [3.63, 3.8) is 0 Å². The van der Waals surface area contributed by atoms with Gasteiger partial charge in [0.25, 0.3) is 0 Å². The summed E-state index contributed by atoms with van der Waals surface area (Å²) >= 11 is 0. The van der Waals surface area contributed by atoms with Crippen molar-refractivity contribution < 1.29 is 4.79 Å². The molecule has 0 spiro atoms. The molecule has 2 saturated carbocycles. The average Bonchev–Trinajstić information content (AvgIpc) is 3.04. The Balaban J connectivity index is 0.00000169. The lowest BCUT2D eigenvalue weighted by Crippen LogP contribution is -2.49. The molecule has 4 heteroatoms. The smallest absolute Gasteiger partial charge is 0.226 e. The van der Waals surface area contributed by atoms with E-state index in [2.05, 4.69) is 29.2 Å². The predicted molar refractivity (Wildman–Crippen MR) is 98.9 cm³/mol. The molecule has 1 amide bonds. The summed E-state index contributed by atoms with van der Waals surface area (Å²) in [4.78, 5) is 15.4. The Kier molecular flexibility index (Phi) is 5.51. The molecular weight excluding hydrogens is 320 g/mol. The van der Waals surface area contributed by atoms with Crippen molar-refractivity contribution >= 4 is 18.3 Å². The van der Waals surface area contributed by atoms with Crippen molar-refractivity contribution in [3.05, 3.63) is 35.9 Å². The Morgan fingerprint density at radius 2 is 1.67 bits per heavy atom. The van der Waals surface area contributed by atoms with E-state index < -0.39 is 0 Å². The highest BCUT2D eigenvalue weighted by Crippen LogP contribution is 2.44. The van der Waals surface area contributed by atoms with Crippen LogP contribution in [-0.2, 0) is 4.79 Å². The van der Waals surface area contributed by atoms with Crippen LogP contribution in [0.15, 0.2) is 30.3 Å². The standard InChI is InChI=1S/C20H28N2O.ClH/c21-19-15-8-4-9-16(19)13-17(12-15)20(23)22-11-5-10-18(22)14-6-2-1-3-7-14;/h1-3,6-7,15-19H,4-5,8-13,21H2;1H. The molecule has 132 valence electrons. The van der Waals surface area contributed by atoms with Crippen LogP contribution in [0.5, 0.6) is 0 Å². The number of fused-ring (bicyclic) bond motifs is 2. The zero-order chi connectivity index (χ0) is 15.8. The van der Waals surface area contributed by atoms with Crippen LogP contribution in [0.2, 0.25) is 0 Å². The van der Waals surface area contributed by atoms with Crippen LogP contribution in [0, 0.1) is 17.8 Å². The number of likely N-dealkylation sites (tertiary alicyclic amines) is 1. The molecule has 1 aromatic carbocycles. The molecule has 4 rings (SSSR count). The summed E-state index contributed by atoms with van der Waals surface area (Å²) in [7, 11) is 0. The summed E-state index contributed by atoms with van der Waals surface area (Å²) in [5.41, 5.74) is 7.69. The normalized spacial score (nSPS) is 35.4. The van der Waals surface area contributed by atoms with Gasteiger partial charge in [0.1, 0.15) is 0 Å². The van der Waals surface area contributed by atoms with Gasteiger partial charge in [-0.2, -0.15) is 0 Å². The zero-order valence-electron chi connectivity index (χ0n) is 14.3. The fraction of sp³-hybridized carbons (Fsp3) is 0.650. The van der Waals surface area contributed by atoms with Crippen LogP contribution in [0.25, 0.3) is 0 Å². The van der Waals surface area contributed by atoms with E-state index >= 15 is 0 Å². The Bertz CT molecular complexity index is 550. The van der Waals surface area contributed by atoms with E-state index in [0.29, 0.717) is 29.8 Å². The van der Waals surface area contributed by atoms with Crippen LogP contribution in [0.4, 0.5) is 0 Å². The van der Waals surface area contributed by atoms with E-state index in [-0.39, 0.29) is 18.3 Å². The number of benzene rings is 1. The molecule has 3 nitrogen and oxygen atoms in total. The van der Waals surface area contributed by atoms with Crippen molar-refractivity contribution in [2.24, 2.45) is 23.5 Å². The van der Waals surface area contributed by atoms with Gasteiger partial charge in [-0.05, 0) is 55.9 Å². The lowest BCUT2D eigenvalue weighted by atomic mass is 9.65. The first-order valence-electron chi connectivity index (χ1n) is 9.35. The number of halogens is 1. The Morgan fingerprint density at radius 3 is 2.33 bits per heavy atom. The molecule has 3 aliphatic rings. The van der Waals surface area contributed by atoms with Gasteiger partial charge in [0.15, 0.2) is 0 Å². The second-order valence-corrected chi connectivity index (χ2v) is 7.80. The maximum Gasteiger partial charge on any atom is 0.226 e. The molecule has 0 aromatic heterocycles. The SMILES string of the molecule is Cl.NC1C2CCCC1CC(C(=O)N1CCCC1c1ccccc1)C2. The number of hydrogen-bond acceptors (Lipinski definition) is 2. The number of carbonyl (C=O) groups is 1. The number of nitrogens with zero attached hydrogens (tertiary/aromatic N) is 1. The predicted octanol–water partition coefficient (Wildman–Crippen LogP) is 3.93. The van der Waals surface area contributed by atoms with Gasteiger partial charge in [0.2, 0.25) is 5.91 Å². The van der Waals surface area contributed by atoms with Crippen molar-refractivity contribution in [2.75, 3.05) is 6.54 Å². The molecule has 2 N–H and O–H groups in total. The average molecular weight is 349 g/mol. The van der Waals surface area contributed by atoms with Crippen molar-refractivity contribution in [1.82, 2.24) is 4.90 Å². The molecule has 3 fully saturated rings. The third-order valence-electron chi connectivity index (χ3n) is 6.48. The fourth-order valence-electron chi connectivity index (χ4n) is 5.28. The van der Waals surface area contributed by atoms with Crippen molar-refractivity contribution in [1.29, 1.82) is 0 Å². The van der Waals surface area contributed by atoms with E-state index in [4.69, 9.17) is 5.73 Å². The summed E-state index contributed by atoms with van der Waals surface area (Å²) in [6.07, 6.45) is 8.04. The zero-order valence-corrected chi connectivity index (χ0v) is 15.1. The summed E-state index contributed by atoms with van der Waals surface area (Å²) in [5.74, 6) is 1.78. The second kappa shape index (κ2) is 7.45. The molecule has 2 bridgehead atoms. The van der Waals surface area contributed by atoms with Crippen LogP contribution in [0.1, 0.15) is 56.6 Å². The summed E-state index contributed by atoms with van der Waals surface area (Å²) < 4.78 is 0. The first-order valence-corrected chi connectivity index (χ1v) is 9.35. The van der Waals surface area contributed by atoms with Gasteiger partial charge < -0.3 is 10.6 Å². The molecule has 24 heavy (non-hydrogen) atoms. The van der Waals surface area contributed by atoms with Crippen LogP contribution in [-0.4, -0.2) is 23.4 Å². The van der Waals surface area contributed by atoms with Gasteiger partial charge in [-0.25, -0.2) is 0 Å². The highest BCUT2D eigenvalue weighted by atomic mass is 35.5. The molecular formula is C20H29ClN2O. The monoisotopic (exact) mass is 348 g/mol. The van der Waals surface area contributed by atoms with Gasteiger partial charge in [0, 0.05) is 18.5 Å². The topological polar surface area (TPSA) is 46.3 Å². The highest BCUT2D eigenvalue weighted by molar-refractivity contribution is 5.85. The minimum absolute atomic E-state index is 0. The molecule has 3 unspecified atom stereocenters. The quantitative estimate of drug-likeness (QED) is 0.880. The van der Waals surface area contributed by atoms with E-state index in [1.165, 1.54) is 24.8 Å². The summed E-state index contributed by atoms with van der Waals surface area (Å²) in [6.45, 7) is 0.927. The third kappa shape index (κ3) is 3.21. The van der Waals surface area contributed by atoms with Gasteiger partial charge in [-0.15, -0.1) is 12.4 Å². The maximum atomic E-state index is 13.2. The number of amides is 1. The van der Waals surface area contributed by atoms with E-state index in [0.717, 1.165) is 32.2 Å². The maximum absolute atomic E-state index is 13.2. The molecule has 1 aromatic rings. The van der Waals surface area contributed by atoms with Gasteiger partial charge in [-0.3, -0.25) is 4.79 Å². The van der Waals surface area contributed by atoms with Gasteiger partial charge >= 0.3 is 0 Å². The molecule has 0 radical (unpaired) electrons. The molecule has 2 aliphatic carbocycles. The molecule has 3 atom stereocenters. The van der Waals surface area contributed by atoms with E-state index in [1.54, 1.807) is 0 Å². The highest BCUT2D eigenvalue weighted by Gasteiger charge is 2.43. The molecule has 1 aliphatic heterocycles. The fourth-order valence-corrected chi connectivity index (χ4v) is 5.28. The molecule has 1 saturated heterocycles. The Labute approximate surface area is 151 Å². The number of rotatable bonds is 2. The van der Waals surface area contributed by atoms with Crippen molar-refractivity contribution in [2.45, 2.75) is 57.0 Å². The first kappa shape index (κ1) is 17.8. The lowest BCUT2D eigenvalue weighted by Gasteiger charge is -2.44. The minimum Gasteiger partial charge on any atom is -0.335 e. The minimum atomic E-state index is 0. The van der Waals surface area contributed by atoms with Gasteiger partial charge in [-0.1, -0.05) is 36.8 Å². The van der Waals surface area contributed by atoms with E-state index in [1.807, 2.05) is 6.07 Å². The molecule has 1 heterocycles. The van der Waals surface area contributed by atoms with Gasteiger partial charge in [0.05, 0.1) is 6.04 Å². The Morgan fingerprint density at radius 1 is 1.00 bits per heavy atom. The number of nitrogens with two attached hydrogens (primary N) is 1. The van der Waals surface area contributed by atoms with Crippen molar-refractivity contribution in [3.8, 4) is 0 Å².